The van der Waals surface area contributed by atoms with E-state index in [2.05, 4.69) is 12.2 Å². The second kappa shape index (κ2) is 7.49. The van der Waals surface area contributed by atoms with Crippen LogP contribution in [0.1, 0.15) is 38.3 Å². The van der Waals surface area contributed by atoms with Crippen LogP contribution in [0.3, 0.4) is 0 Å². The van der Waals surface area contributed by atoms with Crippen molar-refractivity contribution < 1.29 is 23.9 Å². The average Bonchev–Trinajstić information content (AvgIpc) is 3.62. The van der Waals surface area contributed by atoms with Gasteiger partial charge in [-0.1, -0.05) is 35.9 Å². The van der Waals surface area contributed by atoms with Crippen molar-refractivity contribution >= 4 is 29.3 Å². The monoisotopic (exact) mass is 455 g/mol. The maximum absolute atomic E-state index is 13.3. The first kappa shape index (κ1) is 21.0. The lowest BCUT2D eigenvalue weighted by atomic mass is 9.63. The number of carbonyl (C=O) groups is 4. The van der Waals surface area contributed by atoms with Crippen molar-refractivity contribution in [3.63, 3.8) is 0 Å². The van der Waals surface area contributed by atoms with E-state index in [0.717, 1.165) is 17.5 Å². The van der Waals surface area contributed by atoms with Gasteiger partial charge in [-0.05, 0) is 73.8 Å². The predicted molar refractivity (Wildman–Crippen MR) is 124 cm³/mol. The highest BCUT2D eigenvalue weighted by molar-refractivity contribution is 6.23. The summed E-state index contributed by atoms with van der Waals surface area (Å²) in [5.74, 6) is -0.523. The van der Waals surface area contributed by atoms with Gasteiger partial charge in [0.25, 0.3) is 0 Å². The molecule has 2 aromatic rings. The average molecular weight is 456 g/mol. The number of imide groups is 1. The van der Waals surface area contributed by atoms with Gasteiger partial charge in [0.2, 0.25) is 17.6 Å². The Kier molecular flexibility index (Phi) is 4.63. The first-order valence-electron chi connectivity index (χ1n) is 11.8. The summed E-state index contributed by atoms with van der Waals surface area (Å²) in [4.78, 5) is 53.2. The van der Waals surface area contributed by atoms with Gasteiger partial charge < -0.3 is 4.74 Å². The summed E-state index contributed by atoms with van der Waals surface area (Å²) in [6, 6.07) is 11.9. The van der Waals surface area contributed by atoms with Crippen molar-refractivity contribution in [2.45, 2.75) is 20.3 Å². The van der Waals surface area contributed by atoms with Crippen molar-refractivity contribution in [3.8, 4) is 0 Å². The van der Waals surface area contributed by atoms with Crippen molar-refractivity contribution in [2.24, 2.45) is 35.5 Å². The van der Waals surface area contributed by atoms with E-state index in [1.165, 1.54) is 11.0 Å². The Morgan fingerprint density at radius 1 is 0.941 bits per heavy atom. The molecule has 6 atom stereocenters. The maximum atomic E-state index is 13.3. The third-order valence-corrected chi connectivity index (χ3v) is 8.03. The highest BCUT2D eigenvalue weighted by Crippen LogP contribution is 2.65. The summed E-state index contributed by atoms with van der Waals surface area (Å²) in [7, 11) is 0. The topological polar surface area (TPSA) is 80.8 Å². The van der Waals surface area contributed by atoms with Gasteiger partial charge in [0, 0.05) is 5.56 Å². The molecule has 6 heteroatoms. The van der Waals surface area contributed by atoms with Gasteiger partial charge in [0.1, 0.15) is 0 Å². The Morgan fingerprint density at radius 3 is 2.29 bits per heavy atom. The number of carbonyl (C=O) groups excluding carboxylic acids is 4. The molecule has 1 aliphatic heterocycles. The normalized spacial score (nSPS) is 30.2. The molecule has 1 heterocycles. The van der Waals surface area contributed by atoms with E-state index in [1.807, 2.05) is 26.0 Å². The number of benzene rings is 2. The minimum atomic E-state index is -0.667. The predicted octanol–water partition coefficient (Wildman–Crippen LogP) is 3.90. The number of allylic oxidation sites excluding steroid dienone is 2. The zero-order valence-corrected chi connectivity index (χ0v) is 19.1. The van der Waals surface area contributed by atoms with Crippen molar-refractivity contribution in [1.29, 1.82) is 0 Å². The largest absolute Gasteiger partial charge is 0.454 e. The van der Waals surface area contributed by atoms with Crippen LogP contribution < -0.4 is 4.90 Å². The minimum absolute atomic E-state index is 0.144. The standard InChI is InChI=1S/C28H25NO5/c1-14-6-7-15(2)20(10-14)23(30)13-34-28(33)16-4-3-5-17(11-16)29-26(31)24-18-8-9-19(22-12-21(18)22)25(24)27(29)32/h3-11,18-19,21-22,24-25H,12-13H2,1-2H3/t18-,19+,21-,22-,24+,25-/m1/s1. The van der Waals surface area contributed by atoms with Gasteiger partial charge in [0.05, 0.1) is 23.1 Å². The summed E-state index contributed by atoms with van der Waals surface area (Å²) >= 11 is 0. The highest BCUT2D eigenvalue weighted by atomic mass is 16.5. The molecule has 2 aromatic carbocycles. The summed E-state index contributed by atoms with van der Waals surface area (Å²) in [5, 5.41) is 0. The number of nitrogens with zero attached hydrogens (tertiary/aromatic N) is 1. The number of Topliss-reactive ketones (excluding diaryl/α,β-unsaturated/α-hetero) is 1. The molecule has 5 aliphatic rings. The maximum Gasteiger partial charge on any atom is 0.338 e. The molecule has 7 rings (SSSR count). The molecule has 1 saturated heterocycles. The summed E-state index contributed by atoms with van der Waals surface area (Å²) in [6.45, 7) is 3.36. The van der Waals surface area contributed by atoms with E-state index in [0.29, 0.717) is 23.1 Å². The Balaban J connectivity index is 1.19. The molecular formula is C28H25NO5. The number of anilines is 1. The molecule has 0 N–H and O–H groups in total. The van der Waals surface area contributed by atoms with Crippen molar-refractivity contribution in [1.82, 2.24) is 0 Å². The molecule has 0 radical (unpaired) electrons. The number of hydrogen-bond donors (Lipinski definition) is 0. The Labute approximate surface area is 197 Å². The zero-order valence-electron chi connectivity index (χ0n) is 19.1. The smallest absolute Gasteiger partial charge is 0.338 e. The van der Waals surface area contributed by atoms with Crippen LogP contribution in [-0.4, -0.2) is 30.2 Å². The van der Waals surface area contributed by atoms with Crippen LogP contribution in [0.4, 0.5) is 5.69 Å². The lowest BCUT2D eigenvalue weighted by molar-refractivity contribution is -0.124. The molecule has 0 aromatic heterocycles. The molecule has 2 amide bonds. The van der Waals surface area contributed by atoms with Crippen LogP contribution in [0.15, 0.2) is 54.6 Å². The van der Waals surface area contributed by atoms with E-state index in [9.17, 15) is 19.2 Å². The fraction of sp³-hybridized carbons (Fsp3) is 0.357. The van der Waals surface area contributed by atoms with Crippen LogP contribution in [0.2, 0.25) is 0 Å². The van der Waals surface area contributed by atoms with Crippen LogP contribution in [-0.2, 0) is 14.3 Å². The van der Waals surface area contributed by atoms with E-state index >= 15 is 0 Å². The summed E-state index contributed by atoms with van der Waals surface area (Å²) in [6.07, 6.45) is 5.38. The summed E-state index contributed by atoms with van der Waals surface area (Å²) < 4.78 is 5.28. The molecule has 2 saturated carbocycles. The molecule has 6 nitrogen and oxygen atoms in total. The SMILES string of the molecule is Cc1ccc(C)c(C(=O)COC(=O)c2cccc(N3C(=O)[C@@H]4[C@H]5C=C[C@H]([C@H]6C[C@H]56)[C@@H]4C3=O)c2)c1. The van der Waals surface area contributed by atoms with Gasteiger partial charge in [-0.2, -0.15) is 0 Å². The van der Waals surface area contributed by atoms with E-state index < -0.39 is 5.97 Å². The van der Waals surface area contributed by atoms with Crippen molar-refractivity contribution in [2.75, 3.05) is 11.5 Å². The number of ketones is 1. The lowest BCUT2D eigenvalue weighted by Gasteiger charge is -2.37. The van der Waals surface area contributed by atoms with Crippen molar-refractivity contribution in [3.05, 3.63) is 76.9 Å². The number of ether oxygens (including phenoxy) is 1. The zero-order chi connectivity index (χ0) is 23.7. The second-order valence-corrected chi connectivity index (χ2v) is 10.0. The molecule has 3 fully saturated rings. The Bertz CT molecular complexity index is 1260. The van der Waals surface area contributed by atoms with E-state index in [4.69, 9.17) is 4.74 Å². The van der Waals surface area contributed by atoms with Crippen LogP contribution in [0.5, 0.6) is 0 Å². The fourth-order valence-corrected chi connectivity index (χ4v) is 6.31. The first-order chi connectivity index (χ1) is 16.3. The third-order valence-electron chi connectivity index (χ3n) is 8.03. The summed E-state index contributed by atoms with van der Waals surface area (Å²) in [5.41, 5.74) is 2.88. The second-order valence-electron chi connectivity index (χ2n) is 10.0. The van der Waals surface area contributed by atoms with E-state index in [-0.39, 0.29) is 53.4 Å². The Morgan fingerprint density at radius 2 is 1.62 bits per heavy atom. The van der Waals surface area contributed by atoms with Crippen LogP contribution in [0, 0.1) is 49.4 Å². The molecule has 0 spiro atoms. The first-order valence-corrected chi connectivity index (χ1v) is 11.8. The molecular weight excluding hydrogens is 430 g/mol. The quantitative estimate of drug-likeness (QED) is 0.296. The van der Waals surface area contributed by atoms with Gasteiger partial charge >= 0.3 is 5.97 Å². The molecule has 4 aliphatic carbocycles. The van der Waals surface area contributed by atoms with Gasteiger partial charge in [-0.3, -0.25) is 14.4 Å². The molecule has 0 unspecified atom stereocenters. The minimum Gasteiger partial charge on any atom is -0.454 e. The van der Waals surface area contributed by atoms with Gasteiger partial charge in [-0.15, -0.1) is 0 Å². The number of esters is 1. The Hall–Kier alpha value is -3.54. The van der Waals surface area contributed by atoms with Crippen LogP contribution in [0.25, 0.3) is 0 Å². The number of amides is 2. The molecule has 34 heavy (non-hydrogen) atoms. The number of hydrogen-bond acceptors (Lipinski definition) is 5. The number of rotatable bonds is 5. The van der Waals surface area contributed by atoms with Gasteiger partial charge in [-0.25, -0.2) is 9.69 Å². The molecule has 2 bridgehead atoms. The third kappa shape index (κ3) is 3.08. The lowest BCUT2D eigenvalue weighted by Crippen LogP contribution is -2.40. The molecule has 172 valence electrons. The van der Waals surface area contributed by atoms with Gasteiger partial charge in [0.15, 0.2) is 6.61 Å². The number of aryl methyl sites for hydroxylation is 2. The fourth-order valence-electron chi connectivity index (χ4n) is 6.31. The highest BCUT2D eigenvalue weighted by Gasteiger charge is 2.67. The van der Waals surface area contributed by atoms with E-state index in [1.54, 1.807) is 24.3 Å². The van der Waals surface area contributed by atoms with Crippen LogP contribution >= 0.6 is 0 Å².